The molecule has 5 heteroatoms. The predicted molar refractivity (Wildman–Crippen MR) is 67.5 cm³/mol. The van der Waals surface area contributed by atoms with Crippen LogP contribution in [0.25, 0.3) is 0 Å². The maximum atomic E-state index is 9.24. The van der Waals surface area contributed by atoms with Gasteiger partial charge in [0.05, 0.1) is 19.0 Å². The Morgan fingerprint density at radius 1 is 1.39 bits per heavy atom. The zero-order valence-corrected chi connectivity index (χ0v) is 10.6. The Hall–Kier alpha value is -1.88. The number of ether oxygens (including phenoxy) is 1. The molecule has 2 heterocycles. The maximum absolute atomic E-state index is 9.24. The Labute approximate surface area is 106 Å². The van der Waals surface area contributed by atoms with Crippen LogP contribution in [0, 0.1) is 6.92 Å². The summed E-state index contributed by atoms with van der Waals surface area (Å²) in [7, 11) is 0. The summed E-state index contributed by atoms with van der Waals surface area (Å²) in [5.74, 6) is 1.30. The third-order valence-corrected chi connectivity index (χ3v) is 2.54. The second-order valence-corrected chi connectivity index (χ2v) is 4.13. The molecule has 0 amide bonds. The van der Waals surface area contributed by atoms with Gasteiger partial charge in [0.2, 0.25) is 0 Å². The summed E-state index contributed by atoms with van der Waals surface area (Å²) >= 11 is 0. The molecule has 0 bridgehead atoms. The van der Waals surface area contributed by atoms with Crippen LogP contribution in [0.5, 0.6) is 11.5 Å². The van der Waals surface area contributed by atoms with Gasteiger partial charge >= 0.3 is 0 Å². The largest absolute Gasteiger partial charge is 0.454 e. The summed E-state index contributed by atoms with van der Waals surface area (Å²) in [6, 6.07) is 1.81. The van der Waals surface area contributed by atoms with Crippen LogP contribution >= 0.6 is 0 Å². The average molecular weight is 247 g/mol. The molecule has 0 aliphatic carbocycles. The van der Waals surface area contributed by atoms with Gasteiger partial charge in [-0.15, -0.1) is 0 Å². The first-order chi connectivity index (χ1) is 8.72. The minimum Gasteiger partial charge on any atom is -0.454 e. The normalized spacial score (nSPS) is 10.6. The zero-order chi connectivity index (χ0) is 13.0. The third-order valence-electron chi connectivity index (χ3n) is 2.54. The van der Waals surface area contributed by atoms with Crippen molar-refractivity contribution in [3.8, 4) is 11.5 Å². The molecule has 0 aliphatic rings. The van der Waals surface area contributed by atoms with Crippen LogP contribution < -0.4 is 4.74 Å². The van der Waals surface area contributed by atoms with E-state index in [1.807, 2.05) is 23.9 Å². The van der Waals surface area contributed by atoms with Gasteiger partial charge in [-0.05, 0) is 13.3 Å². The van der Waals surface area contributed by atoms with Crippen LogP contribution in [0.15, 0.2) is 24.7 Å². The number of rotatable bonds is 5. The first-order valence-corrected chi connectivity index (χ1v) is 5.99. The van der Waals surface area contributed by atoms with Crippen molar-refractivity contribution in [2.75, 3.05) is 0 Å². The van der Waals surface area contributed by atoms with E-state index >= 15 is 0 Å². The summed E-state index contributed by atoms with van der Waals surface area (Å²) in [5.41, 5.74) is 1.52. The molecule has 0 saturated carbocycles. The highest BCUT2D eigenvalue weighted by molar-refractivity contribution is 5.35. The van der Waals surface area contributed by atoms with E-state index in [4.69, 9.17) is 4.74 Å². The lowest BCUT2D eigenvalue weighted by atomic mass is 10.2. The van der Waals surface area contributed by atoms with E-state index in [0.29, 0.717) is 17.1 Å². The van der Waals surface area contributed by atoms with Crippen molar-refractivity contribution in [1.29, 1.82) is 0 Å². The van der Waals surface area contributed by atoms with Crippen molar-refractivity contribution < 1.29 is 9.84 Å². The lowest BCUT2D eigenvalue weighted by molar-refractivity contribution is 0.276. The molecule has 2 aromatic rings. The first kappa shape index (κ1) is 12.6. The number of aryl methyl sites for hydroxylation is 2. The standard InChI is InChI=1S/C13H17N3O2/c1-3-4-16-8-12(7-15-16)18-13-5-10(2)14-6-11(13)9-17/h5-8,17H,3-4,9H2,1-2H3. The van der Waals surface area contributed by atoms with Gasteiger partial charge < -0.3 is 9.84 Å². The molecule has 0 spiro atoms. The van der Waals surface area contributed by atoms with Crippen molar-refractivity contribution in [2.24, 2.45) is 0 Å². The van der Waals surface area contributed by atoms with Crippen molar-refractivity contribution in [3.63, 3.8) is 0 Å². The second-order valence-electron chi connectivity index (χ2n) is 4.13. The van der Waals surface area contributed by atoms with Gasteiger partial charge in [-0.2, -0.15) is 5.10 Å². The van der Waals surface area contributed by atoms with E-state index in [1.54, 1.807) is 12.4 Å². The zero-order valence-electron chi connectivity index (χ0n) is 10.6. The van der Waals surface area contributed by atoms with Gasteiger partial charge in [-0.25, -0.2) is 0 Å². The van der Waals surface area contributed by atoms with Crippen LogP contribution in [-0.4, -0.2) is 19.9 Å². The number of aromatic nitrogens is 3. The Morgan fingerprint density at radius 2 is 2.22 bits per heavy atom. The molecule has 0 aliphatic heterocycles. The molecule has 0 radical (unpaired) electrons. The number of hydrogen-bond acceptors (Lipinski definition) is 4. The van der Waals surface area contributed by atoms with Crippen LogP contribution in [0.1, 0.15) is 24.6 Å². The van der Waals surface area contributed by atoms with Crippen molar-refractivity contribution in [1.82, 2.24) is 14.8 Å². The summed E-state index contributed by atoms with van der Waals surface area (Å²) < 4.78 is 7.56. The third kappa shape index (κ3) is 2.87. The molecular weight excluding hydrogens is 230 g/mol. The van der Waals surface area contributed by atoms with Crippen LogP contribution in [-0.2, 0) is 13.2 Å². The SMILES string of the molecule is CCCn1cc(Oc2cc(C)ncc2CO)cn1. The minimum atomic E-state index is -0.0916. The Morgan fingerprint density at radius 3 is 2.94 bits per heavy atom. The topological polar surface area (TPSA) is 60.2 Å². The van der Waals surface area contributed by atoms with Gasteiger partial charge in [-0.3, -0.25) is 9.67 Å². The molecule has 0 fully saturated rings. The van der Waals surface area contributed by atoms with E-state index < -0.39 is 0 Å². The average Bonchev–Trinajstić information content (AvgIpc) is 2.77. The lowest BCUT2D eigenvalue weighted by Gasteiger charge is -2.08. The van der Waals surface area contributed by atoms with Crippen molar-refractivity contribution in [3.05, 3.63) is 35.9 Å². The molecule has 2 aromatic heterocycles. The Bertz CT molecular complexity index is 523. The minimum absolute atomic E-state index is 0.0916. The number of aliphatic hydroxyl groups is 1. The van der Waals surface area contributed by atoms with E-state index in [1.165, 1.54) is 0 Å². The Balaban J connectivity index is 2.19. The van der Waals surface area contributed by atoms with Crippen LogP contribution in [0.3, 0.4) is 0 Å². The molecule has 96 valence electrons. The molecular formula is C13H17N3O2. The highest BCUT2D eigenvalue weighted by Gasteiger charge is 2.07. The highest BCUT2D eigenvalue weighted by atomic mass is 16.5. The molecule has 0 saturated heterocycles. The van der Waals surface area contributed by atoms with E-state index in [2.05, 4.69) is 17.0 Å². The number of nitrogens with zero attached hydrogens (tertiary/aromatic N) is 3. The number of aliphatic hydroxyl groups excluding tert-OH is 1. The van der Waals surface area contributed by atoms with E-state index in [9.17, 15) is 5.11 Å². The first-order valence-electron chi connectivity index (χ1n) is 5.99. The summed E-state index contributed by atoms with van der Waals surface area (Å²) in [4.78, 5) is 4.13. The molecule has 2 rings (SSSR count). The fraction of sp³-hybridized carbons (Fsp3) is 0.385. The number of hydrogen-bond donors (Lipinski definition) is 1. The fourth-order valence-electron chi connectivity index (χ4n) is 1.65. The molecule has 1 N–H and O–H groups in total. The lowest BCUT2D eigenvalue weighted by Crippen LogP contribution is -1.96. The smallest absolute Gasteiger partial charge is 0.165 e. The van der Waals surface area contributed by atoms with E-state index in [0.717, 1.165) is 18.7 Å². The summed E-state index contributed by atoms with van der Waals surface area (Å²) in [6.45, 7) is 4.75. The molecule has 0 atom stereocenters. The fourth-order valence-corrected chi connectivity index (χ4v) is 1.65. The van der Waals surface area contributed by atoms with Gasteiger partial charge in [0.25, 0.3) is 0 Å². The molecule has 0 aromatic carbocycles. The quantitative estimate of drug-likeness (QED) is 0.880. The van der Waals surface area contributed by atoms with E-state index in [-0.39, 0.29) is 6.61 Å². The van der Waals surface area contributed by atoms with Crippen molar-refractivity contribution >= 4 is 0 Å². The van der Waals surface area contributed by atoms with Gasteiger partial charge in [0.15, 0.2) is 5.75 Å². The Kier molecular flexibility index (Phi) is 3.94. The predicted octanol–water partition coefficient (Wildman–Crippen LogP) is 2.28. The molecule has 5 nitrogen and oxygen atoms in total. The van der Waals surface area contributed by atoms with Crippen LogP contribution in [0.4, 0.5) is 0 Å². The number of pyridine rings is 1. The van der Waals surface area contributed by atoms with Gasteiger partial charge in [0, 0.05) is 30.1 Å². The maximum Gasteiger partial charge on any atom is 0.165 e. The highest BCUT2D eigenvalue weighted by Crippen LogP contribution is 2.25. The summed E-state index contributed by atoms with van der Waals surface area (Å²) in [5, 5.41) is 13.4. The summed E-state index contributed by atoms with van der Waals surface area (Å²) in [6.07, 6.45) is 6.17. The molecule has 0 unspecified atom stereocenters. The van der Waals surface area contributed by atoms with Crippen LogP contribution in [0.2, 0.25) is 0 Å². The second kappa shape index (κ2) is 5.64. The van der Waals surface area contributed by atoms with Gasteiger partial charge in [0.1, 0.15) is 5.75 Å². The molecule has 18 heavy (non-hydrogen) atoms. The van der Waals surface area contributed by atoms with Crippen molar-refractivity contribution in [2.45, 2.75) is 33.4 Å². The monoisotopic (exact) mass is 247 g/mol. The van der Waals surface area contributed by atoms with Gasteiger partial charge in [-0.1, -0.05) is 6.92 Å².